The molecule has 2 aromatic carbocycles. The molecule has 2 aromatic rings. The molecule has 1 aliphatic heterocycles. The highest BCUT2D eigenvalue weighted by Gasteiger charge is 2.31. The van der Waals surface area contributed by atoms with Gasteiger partial charge < -0.3 is 4.74 Å². The molecule has 120 valence electrons. The predicted molar refractivity (Wildman–Crippen MR) is 94.3 cm³/mol. The minimum atomic E-state index is -0.485. The van der Waals surface area contributed by atoms with Crippen LogP contribution >= 0.6 is 11.8 Å². The zero-order valence-electron chi connectivity index (χ0n) is 13.7. The fourth-order valence-corrected chi connectivity index (χ4v) is 3.65. The largest absolute Gasteiger partial charge is 0.443 e. The number of anilines is 1. The molecule has 0 saturated carbocycles. The molecule has 1 heterocycles. The highest BCUT2D eigenvalue weighted by molar-refractivity contribution is 7.99. The van der Waals surface area contributed by atoms with Gasteiger partial charge in [-0.1, -0.05) is 42.1 Å². The van der Waals surface area contributed by atoms with Crippen molar-refractivity contribution in [3.63, 3.8) is 0 Å². The van der Waals surface area contributed by atoms with Crippen LogP contribution in [0.4, 0.5) is 10.5 Å². The minimum absolute atomic E-state index is 0.266. The Morgan fingerprint density at radius 2 is 1.83 bits per heavy atom. The first-order chi connectivity index (χ1) is 10.9. The van der Waals surface area contributed by atoms with Gasteiger partial charge in [0, 0.05) is 16.3 Å². The van der Waals surface area contributed by atoms with Crippen LogP contribution in [0.5, 0.6) is 0 Å². The van der Waals surface area contributed by atoms with Crippen molar-refractivity contribution < 1.29 is 9.53 Å². The Morgan fingerprint density at radius 3 is 2.52 bits per heavy atom. The SMILES string of the molecule is CC(C)(C)OC(=O)N1CCc2cccc(Sc3ccccc3)c21. The first-order valence-corrected chi connectivity index (χ1v) is 8.61. The summed E-state index contributed by atoms with van der Waals surface area (Å²) in [5, 5.41) is 0. The molecule has 0 bridgehead atoms. The van der Waals surface area contributed by atoms with Gasteiger partial charge in [-0.2, -0.15) is 0 Å². The summed E-state index contributed by atoms with van der Waals surface area (Å²) in [6.45, 7) is 6.36. The van der Waals surface area contributed by atoms with Gasteiger partial charge in [0.2, 0.25) is 0 Å². The summed E-state index contributed by atoms with van der Waals surface area (Å²) in [7, 11) is 0. The van der Waals surface area contributed by atoms with Gasteiger partial charge in [-0.15, -0.1) is 0 Å². The number of amides is 1. The summed E-state index contributed by atoms with van der Waals surface area (Å²) >= 11 is 1.68. The van der Waals surface area contributed by atoms with Crippen LogP contribution in [0.15, 0.2) is 58.3 Å². The minimum Gasteiger partial charge on any atom is -0.443 e. The number of carbonyl (C=O) groups excluding carboxylic acids is 1. The molecule has 3 rings (SSSR count). The summed E-state index contributed by atoms with van der Waals surface area (Å²) in [4.78, 5) is 16.6. The van der Waals surface area contributed by atoms with Crippen molar-refractivity contribution in [2.24, 2.45) is 0 Å². The number of ether oxygens (including phenoxy) is 1. The Morgan fingerprint density at radius 1 is 1.09 bits per heavy atom. The lowest BCUT2D eigenvalue weighted by Gasteiger charge is -2.25. The third-order valence-corrected chi connectivity index (χ3v) is 4.60. The number of para-hydroxylation sites is 1. The van der Waals surface area contributed by atoms with Gasteiger partial charge >= 0.3 is 6.09 Å². The second-order valence-electron chi connectivity index (χ2n) is 6.56. The maximum atomic E-state index is 12.5. The molecule has 1 amide bonds. The molecule has 1 aliphatic rings. The molecule has 0 unspecified atom stereocenters. The van der Waals surface area contributed by atoms with Crippen molar-refractivity contribution in [2.75, 3.05) is 11.4 Å². The average Bonchev–Trinajstić information content (AvgIpc) is 2.92. The molecule has 0 radical (unpaired) electrons. The van der Waals surface area contributed by atoms with Crippen molar-refractivity contribution in [3.05, 3.63) is 54.1 Å². The lowest BCUT2D eigenvalue weighted by atomic mass is 10.2. The van der Waals surface area contributed by atoms with Gasteiger partial charge in [0.05, 0.1) is 5.69 Å². The van der Waals surface area contributed by atoms with Crippen LogP contribution in [-0.4, -0.2) is 18.2 Å². The van der Waals surface area contributed by atoms with Gasteiger partial charge in [-0.3, -0.25) is 4.90 Å². The maximum absolute atomic E-state index is 12.5. The zero-order chi connectivity index (χ0) is 16.4. The number of nitrogens with zero attached hydrogens (tertiary/aromatic N) is 1. The van der Waals surface area contributed by atoms with Crippen LogP contribution < -0.4 is 4.90 Å². The van der Waals surface area contributed by atoms with Gasteiger partial charge in [-0.25, -0.2) is 4.79 Å². The van der Waals surface area contributed by atoms with E-state index in [4.69, 9.17) is 4.74 Å². The summed E-state index contributed by atoms with van der Waals surface area (Å²) < 4.78 is 5.56. The highest BCUT2D eigenvalue weighted by Crippen LogP contribution is 2.41. The quantitative estimate of drug-likeness (QED) is 0.765. The second-order valence-corrected chi connectivity index (χ2v) is 7.68. The number of benzene rings is 2. The smallest absolute Gasteiger partial charge is 0.414 e. The molecule has 3 nitrogen and oxygen atoms in total. The van der Waals surface area contributed by atoms with E-state index in [-0.39, 0.29) is 6.09 Å². The molecule has 0 N–H and O–H groups in total. The van der Waals surface area contributed by atoms with E-state index in [1.54, 1.807) is 16.7 Å². The van der Waals surface area contributed by atoms with E-state index in [1.165, 1.54) is 5.56 Å². The maximum Gasteiger partial charge on any atom is 0.414 e. The van der Waals surface area contributed by atoms with Crippen LogP contribution in [0.3, 0.4) is 0 Å². The van der Waals surface area contributed by atoms with E-state index < -0.39 is 5.60 Å². The summed E-state index contributed by atoms with van der Waals surface area (Å²) in [5.41, 5.74) is 1.72. The van der Waals surface area contributed by atoms with Crippen LogP contribution in [-0.2, 0) is 11.2 Å². The Hall–Kier alpha value is -1.94. The molecule has 0 atom stereocenters. The summed E-state index contributed by atoms with van der Waals surface area (Å²) in [6, 6.07) is 16.4. The van der Waals surface area contributed by atoms with Crippen molar-refractivity contribution in [1.82, 2.24) is 0 Å². The van der Waals surface area contributed by atoms with Crippen LogP contribution in [0.1, 0.15) is 26.3 Å². The van der Waals surface area contributed by atoms with Crippen LogP contribution in [0, 0.1) is 0 Å². The van der Waals surface area contributed by atoms with E-state index in [1.807, 2.05) is 39.0 Å². The van der Waals surface area contributed by atoms with E-state index in [0.29, 0.717) is 6.54 Å². The summed E-state index contributed by atoms with van der Waals surface area (Å²) in [6.07, 6.45) is 0.606. The second kappa shape index (κ2) is 6.28. The lowest BCUT2D eigenvalue weighted by molar-refractivity contribution is 0.0583. The fraction of sp³-hybridized carbons (Fsp3) is 0.316. The average molecular weight is 327 g/mol. The first kappa shape index (κ1) is 15.9. The van der Waals surface area contributed by atoms with Crippen molar-refractivity contribution in [3.8, 4) is 0 Å². The predicted octanol–water partition coefficient (Wildman–Crippen LogP) is 5.14. The zero-order valence-corrected chi connectivity index (χ0v) is 14.5. The standard InChI is InChI=1S/C19H21NO2S/c1-19(2,3)22-18(21)20-13-12-14-8-7-11-16(17(14)20)23-15-9-5-4-6-10-15/h4-11H,12-13H2,1-3H3. The molecular weight excluding hydrogens is 306 g/mol. The first-order valence-electron chi connectivity index (χ1n) is 7.79. The molecule has 0 spiro atoms. The Kier molecular flexibility index (Phi) is 4.35. The number of fused-ring (bicyclic) bond motifs is 1. The molecule has 0 aliphatic carbocycles. The molecule has 23 heavy (non-hydrogen) atoms. The molecule has 0 aromatic heterocycles. The van der Waals surface area contributed by atoms with Crippen LogP contribution in [0.25, 0.3) is 0 Å². The van der Waals surface area contributed by atoms with Gasteiger partial charge in [0.25, 0.3) is 0 Å². The van der Waals surface area contributed by atoms with E-state index in [2.05, 4.69) is 30.3 Å². The number of hydrogen-bond donors (Lipinski definition) is 0. The molecule has 4 heteroatoms. The Balaban J connectivity index is 1.90. The highest BCUT2D eigenvalue weighted by atomic mass is 32.2. The number of rotatable bonds is 2. The number of hydrogen-bond acceptors (Lipinski definition) is 3. The molecule has 0 fully saturated rings. The lowest BCUT2D eigenvalue weighted by Crippen LogP contribution is -2.35. The van der Waals surface area contributed by atoms with Gasteiger partial charge in [0.1, 0.15) is 5.60 Å². The van der Waals surface area contributed by atoms with Crippen molar-refractivity contribution in [2.45, 2.75) is 42.6 Å². The third kappa shape index (κ3) is 3.70. The van der Waals surface area contributed by atoms with E-state index >= 15 is 0 Å². The van der Waals surface area contributed by atoms with Crippen LogP contribution in [0.2, 0.25) is 0 Å². The fourth-order valence-electron chi connectivity index (χ4n) is 2.62. The van der Waals surface area contributed by atoms with E-state index in [9.17, 15) is 4.79 Å². The van der Waals surface area contributed by atoms with E-state index in [0.717, 1.165) is 21.9 Å². The molecule has 0 saturated heterocycles. The Labute approximate surface area is 141 Å². The molecular formula is C19H21NO2S. The Bertz CT molecular complexity index is 707. The van der Waals surface area contributed by atoms with Gasteiger partial charge in [0.15, 0.2) is 0 Å². The summed E-state index contributed by atoms with van der Waals surface area (Å²) in [5.74, 6) is 0. The normalized spacial score (nSPS) is 13.8. The topological polar surface area (TPSA) is 29.5 Å². The van der Waals surface area contributed by atoms with Gasteiger partial charge in [-0.05, 0) is 51.0 Å². The van der Waals surface area contributed by atoms with Crippen molar-refractivity contribution in [1.29, 1.82) is 0 Å². The monoisotopic (exact) mass is 327 g/mol. The number of carbonyl (C=O) groups is 1. The van der Waals surface area contributed by atoms with Crippen molar-refractivity contribution >= 4 is 23.5 Å². The third-order valence-electron chi connectivity index (χ3n) is 3.54.